The van der Waals surface area contributed by atoms with E-state index < -0.39 is 52.0 Å². The summed E-state index contributed by atoms with van der Waals surface area (Å²) in [6, 6.07) is 11.5. The van der Waals surface area contributed by atoms with Crippen LogP contribution in [0.3, 0.4) is 0 Å². The highest BCUT2D eigenvalue weighted by atomic mass is 32.2. The number of fused-ring (bicyclic) bond motifs is 1. The van der Waals surface area contributed by atoms with Gasteiger partial charge in [-0.3, -0.25) is 14.5 Å². The first-order valence-electron chi connectivity index (χ1n) is 15.4. The van der Waals surface area contributed by atoms with Crippen LogP contribution in [0.5, 0.6) is 0 Å². The standard InChI is InChI=1S/C33H32F5N5O4S/c34-23-16-21(17-24(35)19-23)18-28(40-30(44)20-43-29-6-2-1-4-27(29)32(41-43)33(36,37)38)31-26(5-3-11-39-31)22-7-9-25(10-8-22)48(45,46)42-12-14-47-15-13-42/h3,5,7-11,16-17,19,28H,1-2,4,6,12-15,18,20H2,(H,40,44). The molecule has 1 amide bonds. The number of carbonyl (C=O) groups is 1. The lowest BCUT2D eigenvalue weighted by Gasteiger charge is -2.26. The highest BCUT2D eigenvalue weighted by Gasteiger charge is 2.40. The Balaban J connectivity index is 1.32. The zero-order valence-corrected chi connectivity index (χ0v) is 26.5. The summed E-state index contributed by atoms with van der Waals surface area (Å²) < 4.78 is 104. The first-order valence-corrected chi connectivity index (χ1v) is 16.9. The second-order valence-corrected chi connectivity index (χ2v) is 13.7. The number of ether oxygens (including phenoxy) is 1. The molecule has 1 N–H and O–H groups in total. The average Bonchev–Trinajstić information content (AvgIpc) is 3.43. The van der Waals surface area contributed by atoms with Crippen LogP contribution in [0.1, 0.15) is 47.1 Å². The van der Waals surface area contributed by atoms with Crippen molar-refractivity contribution in [3.63, 3.8) is 0 Å². The summed E-state index contributed by atoms with van der Waals surface area (Å²) in [7, 11) is -3.77. The Hall–Kier alpha value is -4.21. The molecule has 3 heterocycles. The lowest BCUT2D eigenvalue weighted by Crippen LogP contribution is -2.40. The van der Waals surface area contributed by atoms with E-state index in [9.17, 15) is 35.2 Å². The molecule has 1 aliphatic heterocycles. The minimum atomic E-state index is -4.67. The summed E-state index contributed by atoms with van der Waals surface area (Å²) in [5.74, 6) is -2.32. The van der Waals surface area contributed by atoms with Crippen LogP contribution in [0, 0.1) is 11.6 Å². The third-order valence-corrected chi connectivity index (χ3v) is 10.4. The Morgan fingerprint density at radius 1 is 0.979 bits per heavy atom. The number of nitrogens with zero attached hydrogens (tertiary/aromatic N) is 4. The molecule has 0 radical (unpaired) electrons. The second kappa shape index (κ2) is 13.7. The number of alkyl halides is 3. The van der Waals surface area contributed by atoms with Crippen molar-refractivity contribution in [2.45, 2.75) is 55.8 Å². The van der Waals surface area contributed by atoms with Crippen LogP contribution < -0.4 is 5.32 Å². The summed E-state index contributed by atoms with van der Waals surface area (Å²) in [5.41, 5.74) is 1.03. The Bertz CT molecular complexity index is 1890. The van der Waals surface area contributed by atoms with E-state index in [4.69, 9.17) is 4.74 Å². The Kier molecular flexibility index (Phi) is 9.63. The number of aromatic nitrogens is 3. The maximum atomic E-state index is 14.2. The van der Waals surface area contributed by atoms with Crippen LogP contribution >= 0.6 is 0 Å². The number of amides is 1. The summed E-state index contributed by atoms with van der Waals surface area (Å²) in [6.07, 6.45) is -1.51. The quantitative estimate of drug-likeness (QED) is 0.241. The van der Waals surface area contributed by atoms with E-state index in [1.165, 1.54) is 22.6 Å². The number of rotatable bonds is 9. The summed E-state index contributed by atoms with van der Waals surface area (Å²) in [5, 5.41) is 6.58. The molecule has 6 rings (SSSR count). The van der Waals surface area contributed by atoms with Gasteiger partial charge in [0.15, 0.2) is 5.69 Å². The number of benzene rings is 2. The van der Waals surface area contributed by atoms with Gasteiger partial charge in [0.05, 0.1) is 29.8 Å². The number of pyridine rings is 1. The monoisotopic (exact) mass is 689 g/mol. The molecule has 0 saturated carbocycles. The van der Waals surface area contributed by atoms with Gasteiger partial charge in [-0.25, -0.2) is 17.2 Å². The van der Waals surface area contributed by atoms with Crippen molar-refractivity contribution in [2.75, 3.05) is 26.3 Å². The Morgan fingerprint density at radius 3 is 2.35 bits per heavy atom. The second-order valence-electron chi connectivity index (χ2n) is 11.7. The van der Waals surface area contributed by atoms with E-state index in [-0.39, 0.29) is 42.0 Å². The number of carbonyl (C=O) groups excluding carboxylic acids is 1. The van der Waals surface area contributed by atoms with Crippen LogP contribution in [0.2, 0.25) is 0 Å². The summed E-state index contributed by atoms with van der Waals surface area (Å²) in [4.78, 5) is 18.1. The highest BCUT2D eigenvalue weighted by molar-refractivity contribution is 7.89. The average molecular weight is 690 g/mol. The molecule has 1 aliphatic carbocycles. The molecule has 0 bridgehead atoms. The molecule has 0 spiro atoms. The van der Waals surface area contributed by atoms with Gasteiger partial charge in [-0.05, 0) is 73.6 Å². The summed E-state index contributed by atoms with van der Waals surface area (Å²) in [6.45, 7) is 0.550. The van der Waals surface area contributed by atoms with Gasteiger partial charge in [0, 0.05) is 42.2 Å². The smallest absolute Gasteiger partial charge is 0.379 e. The predicted octanol–water partition coefficient (Wildman–Crippen LogP) is 5.24. The molecule has 1 unspecified atom stereocenters. The zero-order chi connectivity index (χ0) is 34.1. The molecule has 2 aliphatic rings. The van der Waals surface area contributed by atoms with Crippen molar-refractivity contribution in [1.82, 2.24) is 24.4 Å². The highest BCUT2D eigenvalue weighted by Crippen LogP contribution is 2.36. The van der Waals surface area contributed by atoms with Gasteiger partial charge in [-0.2, -0.15) is 22.6 Å². The van der Waals surface area contributed by atoms with Gasteiger partial charge in [0.2, 0.25) is 15.9 Å². The molecular weight excluding hydrogens is 657 g/mol. The third-order valence-electron chi connectivity index (χ3n) is 8.46. The summed E-state index contributed by atoms with van der Waals surface area (Å²) >= 11 is 0. The number of morpholine rings is 1. The first kappa shape index (κ1) is 33.7. The zero-order valence-electron chi connectivity index (χ0n) is 25.6. The Morgan fingerprint density at radius 2 is 1.67 bits per heavy atom. The molecule has 254 valence electrons. The maximum Gasteiger partial charge on any atom is 0.435 e. The molecule has 15 heteroatoms. The molecule has 1 fully saturated rings. The van der Waals surface area contributed by atoms with Crippen LogP contribution in [0.15, 0.2) is 65.7 Å². The topological polar surface area (TPSA) is 106 Å². The van der Waals surface area contributed by atoms with E-state index in [0.717, 1.165) is 22.9 Å². The van der Waals surface area contributed by atoms with Crippen molar-refractivity contribution >= 4 is 15.9 Å². The minimum Gasteiger partial charge on any atom is -0.379 e. The van der Waals surface area contributed by atoms with E-state index in [0.29, 0.717) is 55.0 Å². The largest absolute Gasteiger partial charge is 0.435 e. The van der Waals surface area contributed by atoms with E-state index in [1.807, 2.05) is 0 Å². The molecule has 4 aromatic rings. The lowest BCUT2D eigenvalue weighted by atomic mass is 9.95. The fraction of sp³-hybridized carbons (Fsp3) is 0.364. The Labute approximate surface area is 273 Å². The van der Waals surface area contributed by atoms with Gasteiger partial charge in [-0.1, -0.05) is 18.2 Å². The molecule has 2 aromatic heterocycles. The predicted molar refractivity (Wildman–Crippen MR) is 164 cm³/mol. The normalized spacial score (nSPS) is 16.4. The van der Waals surface area contributed by atoms with Crippen LogP contribution in [-0.2, 0) is 51.5 Å². The maximum absolute atomic E-state index is 14.2. The van der Waals surface area contributed by atoms with E-state index in [1.54, 1.807) is 24.3 Å². The van der Waals surface area contributed by atoms with Gasteiger partial charge in [-0.15, -0.1) is 0 Å². The molecule has 1 atom stereocenters. The SMILES string of the molecule is O=C(Cn1nc(C(F)(F)F)c2c1CCCC2)NC(Cc1cc(F)cc(F)c1)c1ncccc1-c1ccc(S(=O)(=O)N2CCOCC2)cc1. The van der Waals surface area contributed by atoms with Crippen molar-refractivity contribution in [3.8, 4) is 11.1 Å². The lowest BCUT2D eigenvalue weighted by molar-refractivity contribution is -0.142. The van der Waals surface area contributed by atoms with E-state index in [2.05, 4.69) is 15.4 Å². The first-order chi connectivity index (χ1) is 22.9. The fourth-order valence-electron chi connectivity index (χ4n) is 6.27. The van der Waals surface area contributed by atoms with Gasteiger partial charge in [0.25, 0.3) is 0 Å². The van der Waals surface area contributed by atoms with Gasteiger partial charge < -0.3 is 10.1 Å². The van der Waals surface area contributed by atoms with Crippen LogP contribution in [0.4, 0.5) is 22.0 Å². The third kappa shape index (κ3) is 7.27. The van der Waals surface area contributed by atoms with Crippen molar-refractivity contribution in [3.05, 3.63) is 101 Å². The number of hydrogen-bond acceptors (Lipinski definition) is 6. The van der Waals surface area contributed by atoms with Crippen LogP contribution in [-0.4, -0.2) is 59.7 Å². The van der Waals surface area contributed by atoms with Crippen LogP contribution in [0.25, 0.3) is 11.1 Å². The van der Waals surface area contributed by atoms with Crippen molar-refractivity contribution in [1.29, 1.82) is 0 Å². The number of hydrogen-bond donors (Lipinski definition) is 1. The number of halogens is 5. The van der Waals surface area contributed by atoms with Crippen molar-refractivity contribution < 1.29 is 39.9 Å². The van der Waals surface area contributed by atoms with Crippen molar-refractivity contribution in [2.24, 2.45) is 0 Å². The molecule has 2 aromatic carbocycles. The number of nitrogens with one attached hydrogen (secondary N) is 1. The van der Waals surface area contributed by atoms with Gasteiger partial charge in [0.1, 0.15) is 18.2 Å². The molecule has 9 nitrogen and oxygen atoms in total. The van der Waals surface area contributed by atoms with Gasteiger partial charge >= 0.3 is 6.18 Å². The molecule has 48 heavy (non-hydrogen) atoms. The molecular formula is C33H32F5N5O4S. The minimum absolute atomic E-state index is 0.0828. The van der Waals surface area contributed by atoms with E-state index >= 15 is 0 Å². The molecule has 1 saturated heterocycles. The fourth-order valence-corrected chi connectivity index (χ4v) is 7.68. The number of sulfonamides is 1.